The number of carbonyl (C=O) groups excluding carboxylic acids is 1. The molecule has 0 spiro atoms. The number of urea groups is 1. The van der Waals surface area contributed by atoms with Crippen LogP contribution < -0.4 is 15.4 Å². The number of amides is 2. The van der Waals surface area contributed by atoms with E-state index in [1.165, 1.54) is 4.90 Å². The first-order valence-corrected chi connectivity index (χ1v) is 6.82. The highest BCUT2D eigenvalue weighted by molar-refractivity contribution is 9.10. The Labute approximate surface area is 122 Å². The van der Waals surface area contributed by atoms with Gasteiger partial charge >= 0.3 is 6.03 Å². The summed E-state index contributed by atoms with van der Waals surface area (Å²) in [6.07, 6.45) is 0. The molecule has 0 unspecified atom stereocenters. The van der Waals surface area contributed by atoms with Crippen molar-refractivity contribution in [1.29, 1.82) is 0 Å². The monoisotopic (exact) mass is 329 g/mol. The van der Waals surface area contributed by atoms with E-state index < -0.39 is 0 Å². The Morgan fingerprint density at radius 1 is 1.37 bits per heavy atom. The van der Waals surface area contributed by atoms with Crippen LogP contribution in [0.2, 0.25) is 0 Å². The summed E-state index contributed by atoms with van der Waals surface area (Å²) in [6.45, 7) is 2.08. The molecule has 2 amide bonds. The van der Waals surface area contributed by atoms with Crippen LogP contribution in [0.3, 0.4) is 0 Å². The fourth-order valence-corrected chi connectivity index (χ4v) is 2.06. The van der Waals surface area contributed by atoms with Gasteiger partial charge in [-0.05, 0) is 33.6 Å². The number of hydrogen-bond donors (Lipinski definition) is 2. The Kier molecular flexibility index (Phi) is 6.66. The Morgan fingerprint density at radius 2 is 2.11 bits per heavy atom. The number of halogens is 1. The second kappa shape index (κ2) is 8.01. The maximum atomic E-state index is 11.3. The third-order valence-corrected chi connectivity index (χ3v) is 3.15. The summed E-state index contributed by atoms with van der Waals surface area (Å²) >= 11 is 3.45. The standard InChI is InChI=1S/C13H20BrN3O2/c1-17(2)13(18)16-7-6-15-9-10-4-5-12(19-3)11(14)8-10/h4-5,8,15H,6-7,9H2,1-3H3,(H,16,18). The lowest BCUT2D eigenvalue weighted by Gasteiger charge is -2.12. The number of ether oxygens (including phenoxy) is 1. The van der Waals surface area contributed by atoms with E-state index in [1.807, 2.05) is 18.2 Å². The maximum absolute atomic E-state index is 11.3. The lowest BCUT2D eigenvalue weighted by atomic mass is 10.2. The normalized spacial score (nSPS) is 10.1. The zero-order chi connectivity index (χ0) is 14.3. The zero-order valence-corrected chi connectivity index (χ0v) is 13.1. The average molecular weight is 330 g/mol. The van der Waals surface area contributed by atoms with Gasteiger partial charge in [-0.25, -0.2) is 4.79 Å². The molecule has 0 atom stereocenters. The van der Waals surface area contributed by atoms with Crippen LogP contribution >= 0.6 is 15.9 Å². The van der Waals surface area contributed by atoms with Crippen molar-refractivity contribution in [2.45, 2.75) is 6.54 Å². The molecule has 0 fully saturated rings. The van der Waals surface area contributed by atoms with Crippen molar-refractivity contribution in [2.24, 2.45) is 0 Å². The van der Waals surface area contributed by atoms with Crippen molar-refractivity contribution in [3.8, 4) is 5.75 Å². The highest BCUT2D eigenvalue weighted by Gasteiger charge is 2.02. The highest BCUT2D eigenvalue weighted by atomic mass is 79.9. The third-order valence-electron chi connectivity index (χ3n) is 2.53. The summed E-state index contributed by atoms with van der Waals surface area (Å²) in [5.41, 5.74) is 1.16. The van der Waals surface area contributed by atoms with Crippen molar-refractivity contribution in [1.82, 2.24) is 15.5 Å². The van der Waals surface area contributed by atoms with Crippen molar-refractivity contribution >= 4 is 22.0 Å². The molecule has 0 radical (unpaired) electrons. The zero-order valence-electron chi connectivity index (χ0n) is 11.5. The molecule has 0 bridgehead atoms. The van der Waals surface area contributed by atoms with Crippen LogP contribution in [0.4, 0.5) is 4.79 Å². The van der Waals surface area contributed by atoms with Crippen LogP contribution in [0.25, 0.3) is 0 Å². The van der Waals surface area contributed by atoms with Gasteiger partial charge in [-0.3, -0.25) is 0 Å². The van der Waals surface area contributed by atoms with Gasteiger partial charge in [0.1, 0.15) is 5.75 Å². The first kappa shape index (κ1) is 15.8. The van der Waals surface area contributed by atoms with E-state index in [-0.39, 0.29) is 6.03 Å². The molecule has 0 aliphatic heterocycles. The van der Waals surface area contributed by atoms with Gasteiger partial charge in [-0.15, -0.1) is 0 Å². The molecule has 1 rings (SSSR count). The van der Waals surface area contributed by atoms with Crippen molar-refractivity contribution < 1.29 is 9.53 Å². The minimum absolute atomic E-state index is 0.0750. The third kappa shape index (κ3) is 5.48. The van der Waals surface area contributed by atoms with Gasteiger partial charge in [0.15, 0.2) is 0 Å². The highest BCUT2D eigenvalue weighted by Crippen LogP contribution is 2.25. The minimum Gasteiger partial charge on any atom is -0.496 e. The Morgan fingerprint density at radius 3 is 2.68 bits per heavy atom. The fraction of sp³-hybridized carbons (Fsp3) is 0.462. The summed E-state index contributed by atoms with van der Waals surface area (Å²) in [7, 11) is 5.08. The topological polar surface area (TPSA) is 53.6 Å². The van der Waals surface area contributed by atoms with Gasteiger partial charge in [0, 0.05) is 33.7 Å². The largest absolute Gasteiger partial charge is 0.496 e. The van der Waals surface area contributed by atoms with Crippen molar-refractivity contribution in [3.63, 3.8) is 0 Å². The van der Waals surface area contributed by atoms with Gasteiger partial charge in [-0.1, -0.05) is 6.07 Å². The number of hydrogen-bond acceptors (Lipinski definition) is 3. The predicted molar refractivity (Wildman–Crippen MR) is 79.5 cm³/mol. The first-order valence-electron chi connectivity index (χ1n) is 6.03. The lowest BCUT2D eigenvalue weighted by Crippen LogP contribution is -2.38. The number of methoxy groups -OCH3 is 1. The molecule has 1 aromatic rings. The molecule has 5 nitrogen and oxygen atoms in total. The Balaban J connectivity index is 2.26. The molecule has 0 saturated carbocycles. The van der Waals surface area contributed by atoms with Crippen LogP contribution in [-0.4, -0.2) is 45.2 Å². The van der Waals surface area contributed by atoms with Gasteiger partial charge in [-0.2, -0.15) is 0 Å². The fourth-order valence-electron chi connectivity index (χ4n) is 1.47. The molecular weight excluding hydrogens is 310 g/mol. The molecule has 6 heteroatoms. The van der Waals surface area contributed by atoms with Crippen LogP contribution in [0.5, 0.6) is 5.75 Å². The maximum Gasteiger partial charge on any atom is 0.316 e. The molecule has 19 heavy (non-hydrogen) atoms. The van der Waals surface area contributed by atoms with Gasteiger partial charge in [0.05, 0.1) is 11.6 Å². The summed E-state index contributed by atoms with van der Waals surface area (Å²) in [5, 5.41) is 6.06. The van der Waals surface area contributed by atoms with Crippen LogP contribution in [0, 0.1) is 0 Å². The molecule has 0 heterocycles. The van der Waals surface area contributed by atoms with Gasteiger partial charge < -0.3 is 20.3 Å². The lowest BCUT2D eigenvalue weighted by molar-refractivity contribution is 0.217. The summed E-state index contributed by atoms with van der Waals surface area (Å²) in [5.74, 6) is 0.821. The van der Waals surface area contributed by atoms with Crippen molar-refractivity contribution in [2.75, 3.05) is 34.3 Å². The summed E-state index contributed by atoms with van der Waals surface area (Å²) < 4.78 is 6.11. The molecule has 1 aromatic carbocycles. The molecule has 0 aromatic heterocycles. The second-order valence-electron chi connectivity index (χ2n) is 4.27. The average Bonchev–Trinajstić information content (AvgIpc) is 2.38. The van der Waals surface area contributed by atoms with Crippen LogP contribution in [-0.2, 0) is 6.54 Å². The molecule has 2 N–H and O–H groups in total. The predicted octanol–water partition coefficient (Wildman–Crippen LogP) is 1.82. The summed E-state index contributed by atoms with van der Waals surface area (Å²) in [6, 6.07) is 5.88. The first-order chi connectivity index (χ1) is 9.04. The van der Waals surface area contributed by atoms with Gasteiger partial charge in [0.2, 0.25) is 0 Å². The van der Waals surface area contributed by atoms with E-state index in [0.29, 0.717) is 6.54 Å². The number of rotatable bonds is 6. The van der Waals surface area contributed by atoms with E-state index in [1.54, 1.807) is 21.2 Å². The quantitative estimate of drug-likeness (QED) is 0.783. The van der Waals surface area contributed by atoms with Crippen molar-refractivity contribution in [3.05, 3.63) is 28.2 Å². The van der Waals surface area contributed by atoms with E-state index >= 15 is 0 Å². The smallest absolute Gasteiger partial charge is 0.316 e. The van der Waals surface area contributed by atoms with Gasteiger partial charge in [0.25, 0.3) is 0 Å². The number of nitrogens with zero attached hydrogens (tertiary/aromatic N) is 1. The van der Waals surface area contributed by atoms with E-state index in [9.17, 15) is 4.79 Å². The summed E-state index contributed by atoms with van der Waals surface area (Å²) in [4.78, 5) is 12.8. The van der Waals surface area contributed by atoms with E-state index in [0.717, 1.165) is 28.9 Å². The second-order valence-corrected chi connectivity index (χ2v) is 5.13. The molecule has 0 aliphatic carbocycles. The molecule has 0 saturated heterocycles. The van der Waals surface area contributed by atoms with Crippen LogP contribution in [0.1, 0.15) is 5.56 Å². The number of carbonyl (C=O) groups is 1. The Bertz CT molecular complexity index is 424. The minimum atomic E-state index is -0.0750. The molecule has 0 aliphatic rings. The number of benzene rings is 1. The Hall–Kier alpha value is -1.27. The van der Waals surface area contributed by atoms with Crippen LogP contribution in [0.15, 0.2) is 22.7 Å². The molecule has 106 valence electrons. The SMILES string of the molecule is COc1ccc(CNCCNC(=O)N(C)C)cc1Br. The number of nitrogens with one attached hydrogen (secondary N) is 2. The van der Waals surface area contributed by atoms with E-state index in [4.69, 9.17) is 4.74 Å². The van der Waals surface area contributed by atoms with E-state index in [2.05, 4.69) is 26.6 Å². The molecular formula is C13H20BrN3O2.